The van der Waals surface area contributed by atoms with Crippen molar-refractivity contribution < 1.29 is 9.53 Å². The third kappa shape index (κ3) is 4.12. The Labute approximate surface area is 126 Å². The van der Waals surface area contributed by atoms with Gasteiger partial charge in [-0.05, 0) is 33.6 Å². The van der Waals surface area contributed by atoms with E-state index in [2.05, 4.69) is 11.3 Å². The second-order valence-corrected chi connectivity index (χ2v) is 6.77. The second kappa shape index (κ2) is 5.95. The minimum absolute atomic E-state index is 0.213. The number of hydrogen-bond donors (Lipinski definition) is 0. The van der Waals surface area contributed by atoms with E-state index in [0.29, 0.717) is 6.04 Å². The van der Waals surface area contributed by atoms with E-state index in [1.54, 1.807) is 4.90 Å². The van der Waals surface area contributed by atoms with Crippen LogP contribution in [0.4, 0.5) is 10.5 Å². The lowest BCUT2D eigenvalue weighted by Gasteiger charge is -2.33. The smallest absolute Gasteiger partial charge is 0.410 e. The van der Waals surface area contributed by atoms with Crippen molar-refractivity contribution in [1.29, 1.82) is 0 Å². The van der Waals surface area contributed by atoms with Gasteiger partial charge in [-0.1, -0.05) is 0 Å². The van der Waals surface area contributed by atoms with Gasteiger partial charge in [-0.15, -0.1) is 0 Å². The second-order valence-electron chi connectivity index (χ2n) is 6.77. The van der Waals surface area contributed by atoms with Gasteiger partial charge in [-0.2, -0.15) is 5.10 Å². The quantitative estimate of drug-likeness (QED) is 0.841. The molecule has 118 valence electrons. The van der Waals surface area contributed by atoms with Gasteiger partial charge in [0.1, 0.15) is 5.60 Å². The van der Waals surface area contributed by atoms with Crippen molar-refractivity contribution in [2.45, 2.75) is 45.3 Å². The summed E-state index contributed by atoms with van der Waals surface area (Å²) in [5, 5.41) is 4.43. The molecule has 0 radical (unpaired) electrons. The van der Waals surface area contributed by atoms with Crippen molar-refractivity contribution in [3.05, 3.63) is 12.4 Å². The van der Waals surface area contributed by atoms with Crippen molar-refractivity contribution >= 4 is 11.8 Å². The Balaban J connectivity index is 1.89. The van der Waals surface area contributed by atoms with E-state index in [9.17, 15) is 4.79 Å². The summed E-state index contributed by atoms with van der Waals surface area (Å²) in [7, 11) is 4.01. The van der Waals surface area contributed by atoms with Gasteiger partial charge in [-0.25, -0.2) is 4.79 Å². The molecule has 2 heterocycles. The molecule has 0 unspecified atom stereocenters. The lowest BCUT2D eigenvalue weighted by atomic mass is 10.1. The number of likely N-dealkylation sites (tertiary alicyclic amines) is 1. The van der Waals surface area contributed by atoms with Crippen LogP contribution < -0.4 is 4.90 Å². The van der Waals surface area contributed by atoms with Crippen molar-refractivity contribution in [3.8, 4) is 0 Å². The molecule has 21 heavy (non-hydrogen) atoms. The maximum atomic E-state index is 12.0. The van der Waals surface area contributed by atoms with Crippen molar-refractivity contribution in [1.82, 2.24) is 14.7 Å². The summed E-state index contributed by atoms with van der Waals surface area (Å²) in [6.07, 6.45) is 5.55. The van der Waals surface area contributed by atoms with Crippen LogP contribution in [0.25, 0.3) is 0 Å². The molecule has 2 rings (SSSR count). The van der Waals surface area contributed by atoms with E-state index in [1.165, 1.54) is 0 Å². The fraction of sp³-hybridized carbons (Fsp3) is 0.733. The fourth-order valence-corrected chi connectivity index (χ4v) is 2.40. The molecule has 6 heteroatoms. The van der Waals surface area contributed by atoms with Gasteiger partial charge in [0.05, 0.1) is 17.9 Å². The molecule has 1 saturated heterocycles. The summed E-state index contributed by atoms with van der Waals surface area (Å²) in [6, 6.07) is 0.359. The van der Waals surface area contributed by atoms with Crippen LogP contribution in [0.1, 0.15) is 39.7 Å². The molecule has 1 aliphatic heterocycles. The first-order valence-corrected chi connectivity index (χ1v) is 7.45. The average molecular weight is 294 g/mol. The number of anilines is 1. The van der Waals surface area contributed by atoms with Crippen LogP contribution in [-0.4, -0.2) is 53.6 Å². The van der Waals surface area contributed by atoms with Gasteiger partial charge in [0.25, 0.3) is 0 Å². The lowest BCUT2D eigenvalue weighted by molar-refractivity contribution is 0.0185. The fourth-order valence-electron chi connectivity index (χ4n) is 2.40. The Kier molecular flexibility index (Phi) is 4.44. The molecule has 0 spiro atoms. The lowest BCUT2D eigenvalue weighted by Crippen LogP contribution is -2.42. The molecule has 1 aromatic heterocycles. The summed E-state index contributed by atoms with van der Waals surface area (Å²) in [5.74, 6) is 0. The highest BCUT2D eigenvalue weighted by Crippen LogP contribution is 2.24. The van der Waals surface area contributed by atoms with E-state index in [-0.39, 0.29) is 6.09 Å². The zero-order valence-electron chi connectivity index (χ0n) is 13.7. The number of carbonyl (C=O) groups is 1. The van der Waals surface area contributed by atoms with Crippen LogP contribution in [0.2, 0.25) is 0 Å². The van der Waals surface area contributed by atoms with Crippen molar-refractivity contribution in [2.75, 3.05) is 32.1 Å². The van der Waals surface area contributed by atoms with Gasteiger partial charge in [0.15, 0.2) is 0 Å². The molecule has 0 N–H and O–H groups in total. The van der Waals surface area contributed by atoms with Gasteiger partial charge >= 0.3 is 6.09 Å². The highest BCUT2D eigenvalue weighted by atomic mass is 16.6. The van der Waals surface area contributed by atoms with E-state index < -0.39 is 5.60 Å². The molecule has 0 saturated carbocycles. The third-order valence-corrected chi connectivity index (χ3v) is 3.59. The zero-order valence-corrected chi connectivity index (χ0v) is 13.7. The van der Waals surface area contributed by atoms with Crippen LogP contribution >= 0.6 is 0 Å². The zero-order chi connectivity index (χ0) is 15.6. The van der Waals surface area contributed by atoms with E-state index in [4.69, 9.17) is 4.74 Å². The van der Waals surface area contributed by atoms with Crippen LogP contribution in [0.15, 0.2) is 12.4 Å². The maximum absolute atomic E-state index is 12.0. The van der Waals surface area contributed by atoms with E-state index >= 15 is 0 Å². The van der Waals surface area contributed by atoms with Crippen molar-refractivity contribution in [2.24, 2.45) is 0 Å². The largest absolute Gasteiger partial charge is 0.444 e. The Hall–Kier alpha value is -1.72. The SMILES string of the molecule is CN(C)c1cnn(C2CCN(C(=O)OC(C)(C)C)CC2)c1. The predicted molar refractivity (Wildman–Crippen MR) is 82.6 cm³/mol. The summed E-state index contributed by atoms with van der Waals surface area (Å²) in [6.45, 7) is 7.12. The first-order valence-electron chi connectivity index (χ1n) is 7.45. The minimum atomic E-state index is -0.434. The number of hydrogen-bond acceptors (Lipinski definition) is 4. The molecule has 0 bridgehead atoms. The number of carbonyl (C=O) groups excluding carboxylic acids is 1. The number of nitrogens with zero attached hydrogens (tertiary/aromatic N) is 4. The molecular weight excluding hydrogens is 268 g/mol. The topological polar surface area (TPSA) is 50.6 Å². The van der Waals surface area contributed by atoms with Crippen LogP contribution in [0, 0.1) is 0 Å². The molecule has 1 aromatic rings. The highest BCUT2D eigenvalue weighted by Gasteiger charge is 2.27. The number of amides is 1. The molecule has 0 aliphatic carbocycles. The normalized spacial score (nSPS) is 16.9. The Morgan fingerprint density at radius 3 is 2.43 bits per heavy atom. The number of aromatic nitrogens is 2. The Morgan fingerprint density at radius 2 is 1.95 bits per heavy atom. The van der Waals surface area contributed by atoms with Crippen LogP contribution in [0.3, 0.4) is 0 Å². The van der Waals surface area contributed by atoms with Gasteiger partial charge in [-0.3, -0.25) is 4.68 Å². The summed E-state index contributed by atoms with van der Waals surface area (Å²) < 4.78 is 7.43. The van der Waals surface area contributed by atoms with Gasteiger partial charge in [0, 0.05) is 33.4 Å². The molecule has 6 nitrogen and oxygen atoms in total. The number of ether oxygens (including phenoxy) is 1. The minimum Gasteiger partial charge on any atom is -0.444 e. The molecule has 1 amide bonds. The van der Waals surface area contributed by atoms with E-state index in [1.807, 2.05) is 50.6 Å². The average Bonchev–Trinajstić information content (AvgIpc) is 2.86. The monoisotopic (exact) mass is 294 g/mol. The summed E-state index contributed by atoms with van der Waals surface area (Å²) in [4.78, 5) is 15.9. The summed E-state index contributed by atoms with van der Waals surface area (Å²) in [5.41, 5.74) is 0.667. The molecule has 0 aromatic carbocycles. The Bertz CT molecular complexity index is 482. The predicted octanol–water partition coefficient (Wildman–Crippen LogP) is 2.52. The first-order chi connectivity index (χ1) is 9.76. The standard InChI is InChI=1S/C15H26N4O2/c1-15(2,3)21-14(20)18-8-6-12(7-9-18)19-11-13(10-16-19)17(4)5/h10-12H,6-9H2,1-5H3. The Morgan fingerprint density at radius 1 is 1.33 bits per heavy atom. The molecule has 0 atom stereocenters. The molecule has 1 fully saturated rings. The summed E-state index contributed by atoms with van der Waals surface area (Å²) >= 11 is 0. The molecule has 1 aliphatic rings. The van der Waals surface area contributed by atoms with Crippen molar-refractivity contribution in [3.63, 3.8) is 0 Å². The highest BCUT2D eigenvalue weighted by molar-refractivity contribution is 5.68. The molecular formula is C15H26N4O2. The van der Waals surface area contributed by atoms with E-state index in [0.717, 1.165) is 31.6 Å². The van der Waals surface area contributed by atoms with Gasteiger partial charge < -0.3 is 14.5 Å². The first kappa shape index (κ1) is 15.7. The maximum Gasteiger partial charge on any atom is 0.410 e. The van der Waals surface area contributed by atoms with Gasteiger partial charge in [0.2, 0.25) is 0 Å². The third-order valence-electron chi connectivity index (χ3n) is 3.59. The number of rotatable bonds is 2. The van der Waals surface area contributed by atoms with Crippen LogP contribution in [-0.2, 0) is 4.74 Å². The number of piperidine rings is 1. The van der Waals surface area contributed by atoms with Crippen LogP contribution in [0.5, 0.6) is 0 Å².